The van der Waals surface area contributed by atoms with Gasteiger partial charge in [0.25, 0.3) is 5.91 Å². The summed E-state index contributed by atoms with van der Waals surface area (Å²) in [6.45, 7) is 6.55. The lowest BCUT2D eigenvalue weighted by atomic mass is 9.91. The SMILES string of the molecule is CC(C)c1ccc2c(c1)CCCN2C(=O)C1CCN(C(=O)c2cccs2)CC1. The Morgan fingerprint density at radius 1 is 1.11 bits per heavy atom. The Labute approximate surface area is 171 Å². The summed E-state index contributed by atoms with van der Waals surface area (Å²) in [5, 5.41) is 1.93. The summed E-state index contributed by atoms with van der Waals surface area (Å²) < 4.78 is 0. The summed E-state index contributed by atoms with van der Waals surface area (Å²) in [6.07, 6.45) is 3.58. The number of likely N-dealkylation sites (tertiary alicyclic amines) is 1. The van der Waals surface area contributed by atoms with Gasteiger partial charge in [0.2, 0.25) is 5.91 Å². The summed E-state index contributed by atoms with van der Waals surface area (Å²) in [4.78, 5) is 30.5. The average Bonchev–Trinajstić information content (AvgIpc) is 3.27. The van der Waals surface area contributed by atoms with Crippen LogP contribution in [-0.4, -0.2) is 36.3 Å². The third kappa shape index (κ3) is 3.72. The van der Waals surface area contributed by atoms with Crippen molar-refractivity contribution in [1.82, 2.24) is 4.90 Å². The van der Waals surface area contributed by atoms with E-state index in [0.29, 0.717) is 19.0 Å². The van der Waals surface area contributed by atoms with Gasteiger partial charge in [0.05, 0.1) is 4.88 Å². The molecule has 0 atom stereocenters. The van der Waals surface area contributed by atoms with Crippen LogP contribution in [0.1, 0.15) is 59.8 Å². The maximum absolute atomic E-state index is 13.3. The molecule has 1 saturated heterocycles. The Morgan fingerprint density at radius 3 is 2.57 bits per heavy atom. The molecule has 4 rings (SSSR count). The van der Waals surface area contributed by atoms with Crippen molar-refractivity contribution in [3.8, 4) is 0 Å². The zero-order valence-electron chi connectivity index (χ0n) is 16.7. The minimum Gasteiger partial charge on any atom is -0.338 e. The Bertz CT molecular complexity index is 851. The van der Waals surface area contributed by atoms with Gasteiger partial charge in [-0.25, -0.2) is 0 Å². The highest BCUT2D eigenvalue weighted by molar-refractivity contribution is 7.12. The number of amides is 2. The summed E-state index contributed by atoms with van der Waals surface area (Å²) in [5.41, 5.74) is 3.74. The number of carbonyl (C=O) groups is 2. The maximum atomic E-state index is 13.3. The van der Waals surface area contributed by atoms with Gasteiger partial charge in [-0.3, -0.25) is 9.59 Å². The first-order valence-corrected chi connectivity index (χ1v) is 11.2. The van der Waals surface area contributed by atoms with E-state index < -0.39 is 0 Å². The molecule has 1 fully saturated rings. The molecule has 148 valence electrons. The van der Waals surface area contributed by atoms with E-state index >= 15 is 0 Å². The van der Waals surface area contributed by atoms with Gasteiger partial charge < -0.3 is 9.80 Å². The van der Waals surface area contributed by atoms with Crippen LogP contribution in [0.25, 0.3) is 0 Å². The quantitative estimate of drug-likeness (QED) is 0.754. The van der Waals surface area contributed by atoms with Crippen molar-refractivity contribution in [3.63, 3.8) is 0 Å². The highest BCUT2D eigenvalue weighted by atomic mass is 32.1. The number of hydrogen-bond acceptors (Lipinski definition) is 3. The van der Waals surface area contributed by atoms with E-state index in [2.05, 4.69) is 32.0 Å². The summed E-state index contributed by atoms with van der Waals surface area (Å²) in [7, 11) is 0. The number of benzene rings is 1. The van der Waals surface area contributed by atoms with E-state index in [1.54, 1.807) is 0 Å². The zero-order valence-corrected chi connectivity index (χ0v) is 17.5. The minimum absolute atomic E-state index is 0.0168. The summed E-state index contributed by atoms with van der Waals surface area (Å²) >= 11 is 1.48. The fourth-order valence-corrected chi connectivity index (χ4v) is 5.00. The predicted octanol–water partition coefficient (Wildman–Crippen LogP) is 4.70. The van der Waals surface area contributed by atoms with Crippen LogP contribution in [-0.2, 0) is 11.2 Å². The molecule has 0 N–H and O–H groups in total. The van der Waals surface area contributed by atoms with Crippen LogP contribution < -0.4 is 4.90 Å². The lowest BCUT2D eigenvalue weighted by molar-refractivity contribution is -0.123. The van der Waals surface area contributed by atoms with Crippen molar-refractivity contribution in [2.75, 3.05) is 24.5 Å². The molecule has 3 heterocycles. The second-order valence-corrected chi connectivity index (χ2v) is 9.13. The lowest BCUT2D eigenvalue weighted by Gasteiger charge is -2.36. The van der Waals surface area contributed by atoms with E-state index in [-0.39, 0.29) is 17.7 Å². The molecule has 2 aliphatic rings. The summed E-state index contributed by atoms with van der Waals surface area (Å²) in [5.74, 6) is 0.858. The van der Waals surface area contributed by atoms with Gasteiger partial charge in [0.1, 0.15) is 0 Å². The van der Waals surface area contributed by atoms with E-state index in [4.69, 9.17) is 0 Å². The fourth-order valence-electron chi connectivity index (χ4n) is 4.31. The highest BCUT2D eigenvalue weighted by Gasteiger charge is 2.33. The molecule has 4 nitrogen and oxygen atoms in total. The van der Waals surface area contributed by atoms with Crippen LogP contribution in [0.15, 0.2) is 35.7 Å². The Balaban J connectivity index is 1.43. The number of hydrogen-bond donors (Lipinski definition) is 0. The van der Waals surface area contributed by atoms with Crippen molar-refractivity contribution >= 4 is 28.8 Å². The van der Waals surface area contributed by atoms with Gasteiger partial charge >= 0.3 is 0 Å². The largest absolute Gasteiger partial charge is 0.338 e. The predicted molar refractivity (Wildman–Crippen MR) is 114 cm³/mol. The minimum atomic E-state index is 0.0168. The number of piperidine rings is 1. The van der Waals surface area contributed by atoms with Crippen LogP contribution in [0.4, 0.5) is 5.69 Å². The monoisotopic (exact) mass is 396 g/mol. The Kier molecular flexibility index (Phi) is 5.54. The van der Waals surface area contributed by atoms with E-state index in [9.17, 15) is 9.59 Å². The van der Waals surface area contributed by atoms with Gasteiger partial charge in [-0.2, -0.15) is 0 Å². The molecule has 2 aromatic rings. The number of rotatable bonds is 3. The molecule has 0 aliphatic carbocycles. The topological polar surface area (TPSA) is 40.6 Å². The average molecular weight is 397 g/mol. The molecule has 0 saturated carbocycles. The molecule has 0 spiro atoms. The molecule has 28 heavy (non-hydrogen) atoms. The van der Waals surface area contributed by atoms with Crippen molar-refractivity contribution in [1.29, 1.82) is 0 Å². The molecule has 0 radical (unpaired) electrons. The van der Waals surface area contributed by atoms with Crippen molar-refractivity contribution in [2.24, 2.45) is 5.92 Å². The third-order valence-corrected chi connectivity index (χ3v) is 6.88. The zero-order chi connectivity index (χ0) is 19.7. The molecule has 1 aromatic carbocycles. The van der Waals surface area contributed by atoms with Gasteiger partial charge in [0.15, 0.2) is 0 Å². The highest BCUT2D eigenvalue weighted by Crippen LogP contribution is 2.33. The van der Waals surface area contributed by atoms with Crippen molar-refractivity contribution < 1.29 is 9.59 Å². The first kappa shape index (κ1) is 19.2. The Hall–Kier alpha value is -2.14. The number of fused-ring (bicyclic) bond motifs is 1. The Morgan fingerprint density at radius 2 is 1.89 bits per heavy atom. The standard InChI is InChI=1S/C23H28N2O2S/c1-16(2)18-7-8-20-19(15-18)5-3-11-25(20)22(26)17-9-12-24(13-10-17)23(27)21-6-4-14-28-21/h4,6-8,14-17H,3,5,9-13H2,1-2H3. The van der Waals surface area contributed by atoms with Crippen molar-refractivity contribution in [2.45, 2.75) is 45.4 Å². The van der Waals surface area contributed by atoms with Gasteiger partial charge in [-0.1, -0.05) is 32.0 Å². The van der Waals surface area contributed by atoms with E-state index in [1.165, 1.54) is 22.5 Å². The van der Waals surface area contributed by atoms with Crippen molar-refractivity contribution in [3.05, 3.63) is 51.7 Å². The van der Waals surface area contributed by atoms with Crippen LogP contribution >= 0.6 is 11.3 Å². The lowest BCUT2D eigenvalue weighted by Crippen LogP contribution is -2.45. The van der Waals surface area contributed by atoms with Gasteiger partial charge in [0, 0.05) is 31.2 Å². The normalized spacial score (nSPS) is 17.7. The molecule has 2 aliphatic heterocycles. The molecular weight excluding hydrogens is 368 g/mol. The van der Waals surface area contributed by atoms with Crippen LogP contribution in [0.3, 0.4) is 0 Å². The number of thiophene rings is 1. The molecular formula is C23H28N2O2S. The molecule has 0 bridgehead atoms. The smallest absolute Gasteiger partial charge is 0.263 e. The second kappa shape index (κ2) is 8.08. The number of aryl methyl sites for hydroxylation is 1. The summed E-state index contributed by atoms with van der Waals surface area (Å²) in [6, 6.07) is 10.4. The molecule has 2 amide bonds. The molecule has 0 unspecified atom stereocenters. The molecule has 1 aromatic heterocycles. The molecule has 5 heteroatoms. The van der Waals surface area contributed by atoms with Gasteiger partial charge in [-0.15, -0.1) is 11.3 Å². The van der Waals surface area contributed by atoms with Gasteiger partial charge in [-0.05, 0) is 60.2 Å². The van der Waals surface area contributed by atoms with E-state index in [0.717, 1.165) is 42.8 Å². The fraction of sp³-hybridized carbons (Fsp3) is 0.478. The third-order valence-electron chi connectivity index (χ3n) is 6.02. The van der Waals surface area contributed by atoms with Crippen LogP contribution in [0, 0.1) is 5.92 Å². The van der Waals surface area contributed by atoms with Crippen LogP contribution in [0.2, 0.25) is 0 Å². The van der Waals surface area contributed by atoms with Crippen LogP contribution in [0.5, 0.6) is 0 Å². The number of carbonyl (C=O) groups excluding carboxylic acids is 2. The van der Waals surface area contributed by atoms with E-state index in [1.807, 2.05) is 27.3 Å². The first-order chi connectivity index (χ1) is 13.5. The maximum Gasteiger partial charge on any atom is 0.263 e. The number of nitrogens with zero attached hydrogens (tertiary/aromatic N) is 2. The second-order valence-electron chi connectivity index (χ2n) is 8.18. The number of anilines is 1. The first-order valence-electron chi connectivity index (χ1n) is 10.3.